The summed E-state index contributed by atoms with van der Waals surface area (Å²) >= 11 is 5.40. The van der Waals surface area contributed by atoms with E-state index in [-0.39, 0.29) is 22.9 Å². The topological polar surface area (TPSA) is 42.4 Å². The second kappa shape index (κ2) is 4.14. The molecule has 0 unspecified atom stereocenters. The van der Waals surface area contributed by atoms with Gasteiger partial charge in [0.15, 0.2) is 5.75 Å². The third-order valence-electron chi connectivity index (χ3n) is 1.69. The van der Waals surface area contributed by atoms with Crippen molar-refractivity contribution in [1.29, 1.82) is 0 Å². The van der Waals surface area contributed by atoms with Gasteiger partial charge in [0.25, 0.3) is 0 Å². The van der Waals surface area contributed by atoms with Crippen LogP contribution in [0.15, 0.2) is 6.20 Å². The summed E-state index contributed by atoms with van der Waals surface area (Å²) in [5.74, 6) is -1.00. The fraction of sp³-hybridized carbons (Fsp3) is 0.375. The summed E-state index contributed by atoms with van der Waals surface area (Å²) in [6.07, 6.45) is -3.93. The Hall–Kier alpha value is -1.17. The van der Waals surface area contributed by atoms with Crippen molar-refractivity contribution >= 4 is 11.6 Å². The summed E-state index contributed by atoms with van der Waals surface area (Å²) in [6, 6.07) is 0. The van der Waals surface area contributed by atoms with Gasteiger partial charge in [0.2, 0.25) is 0 Å². The maximum Gasteiger partial charge on any atom is 0.573 e. The number of hydrogen-bond acceptors (Lipinski definition) is 3. The lowest BCUT2D eigenvalue weighted by Gasteiger charge is -2.12. The van der Waals surface area contributed by atoms with E-state index >= 15 is 0 Å². The molecule has 0 saturated carbocycles. The van der Waals surface area contributed by atoms with Gasteiger partial charge in [-0.05, 0) is 6.92 Å². The van der Waals surface area contributed by atoms with E-state index in [9.17, 15) is 18.3 Å². The second-order valence-corrected chi connectivity index (χ2v) is 2.99. The second-order valence-electron chi connectivity index (χ2n) is 2.72. The maximum absolute atomic E-state index is 11.9. The van der Waals surface area contributed by atoms with Gasteiger partial charge >= 0.3 is 6.36 Å². The molecule has 0 aromatic carbocycles. The van der Waals surface area contributed by atoms with Crippen molar-refractivity contribution in [3.63, 3.8) is 0 Å². The number of alkyl halides is 4. The Morgan fingerprint density at radius 1 is 1.53 bits per heavy atom. The summed E-state index contributed by atoms with van der Waals surface area (Å²) in [4.78, 5) is 3.53. The molecule has 0 aliphatic rings. The van der Waals surface area contributed by atoms with E-state index < -0.39 is 12.1 Å². The minimum absolute atomic E-state index is 0.0435. The zero-order valence-corrected chi connectivity index (χ0v) is 8.35. The predicted molar refractivity (Wildman–Crippen MR) is 46.9 cm³/mol. The highest BCUT2D eigenvalue weighted by molar-refractivity contribution is 6.17. The molecular formula is C8H7ClF3NO2. The molecule has 3 nitrogen and oxygen atoms in total. The largest absolute Gasteiger partial charge is 0.573 e. The summed E-state index contributed by atoms with van der Waals surface area (Å²) in [5.41, 5.74) is 0.0710. The van der Waals surface area contributed by atoms with Crippen molar-refractivity contribution < 1.29 is 23.0 Å². The van der Waals surface area contributed by atoms with Gasteiger partial charge in [-0.1, -0.05) is 0 Å². The fourth-order valence-corrected chi connectivity index (χ4v) is 1.15. The first-order valence-corrected chi connectivity index (χ1v) is 4.37. The number of hydrogen-bond donors (Lipinski definition) is 1. The lowest BCUT2D eigenvalue weighted by molar-refractivity contribution is -0.275. The Morgan fingerprint density at radius 2 is 2.13 bits per heavy atom. The van der Waals surface area contributed by atoms with E-state index in [0.29, 0.717) is 0 Å². The van der Waals surface area contributed by atoms with Gasteiger partial charge in [0, 0.05) is 5.56 Å². The van der Waals surface area contributed by atoms with Crippen molar-refractivity contribution in [2.75, 3.05) is 0 Å². The van der Waals surface area contributed by atoms with Crippen LogP contribution in [0, 0.1) is 6.92 Å². The smallest absolute Gasteiger partial charge is 0.506 e. The highest BCUT2D eigenvalue weighted by atomic mass is 35.5. The van der Waals surface area contributed by atoms with E-state index in [1.165, 1.54) is 6.92 Å². The number of aromatic nitrogens is 1. The molecule has 15 heavy (non-hydrogen) atoms. The van der Waals surface area contributed by atoms with Gasteiger partial charge in [0.05, 0.1) is 17.8 Å². The SMILES string of the molecule is Cc1c(OC(F)(F)F)cnc(CCl)c1O. The molecule has 1 rings (SSSR count). The van der Waals surface area contributed by atoms with Gasteiger partial charge in [0.1, 0.15) is 5.75 Å². The average molecular weight is 242 g/mol. The zero-order chi connectivity index (χ0) is 11.6. The monoisotopic (exact) mass is 241 g/mol. The van der Waals surface area contributed by atoms with Crippen molar-refractivity contribution in [3.8, 4) is 11.5 Å². The van der Waals surface area contributed by atoms with Crippen molar-refractivity contribution in [2.24, 2.45) is 0 Å². The molecule has 0 aliphatic carbocycles. The Labute approximate surface area is 88.5 Å². The minimum atomic E-state index is -4.80. The number of nitrogens with zero attached hydrogens (tertiary/aromatic N) is 1. The summed E-state index contributed by atoms with van der Waals surface area (Å²) in [5, 5.41) is 9.38. The first kappa shape index (κ1) is 11.9. The Bertz CT molecular complexity index is 368. The van der Waals surface area contributed by atoms with E-state index in [1.807, 2.05) is 0 Å². The van der Waals surface area contributed by atoms with Gasteiger partial charge in [-0.15, -0.1) is 24.8 Å². The molecule has 0 spiro atoms. The quantitative estimate of drug-likeness (QED) is 0.810. The predicted octanol–water partition coefficient (Wildman–Crippen LogP) is 2.73. The third kappa shape index (κ3) is 2.89. The molecular weight excluding hydrogens is 235 g/mol. The van der Waals surface area contributed by atoms with Crippen molar-refractivity contribution in [3.05, 3.63) is 17.5 Å². The summed E-state index contributed by atoms with van der Waals surface area (Å²) in [6.45, 7) is 1.29. The number of halogens is 4. The van der Waals surface area contributed by atoms with Gasteiger partial charge in [-0.3, -0.25) is 4.98 Å². The van der Waals surface area contributed by atoms with E-state index in [0.717, 1.165) is 6.20 Å². The van der Waals surface area contributed by atoms with Gasteiger partial charge in [-0.25, -0.2) is 0 Å². The van der Waals surface area contributed by atoms with Crippen LogP contribution >= 0.6 is 11.6 Å². The van der Waals surface area contributed by atoms with Gasteiger partial charge in [-0.2, -0.15) is 0 Å². The molecule has 0 amide bonds. The van der Waals surface area contributed by atoms with Crippen LogP contribution in [0.5, 0.6) is 11.5 Å². The van der Waals surface area contributed by atoms with Crippen LogP contribution in [-0.4, -0.2) is 16.5 Å². The molecule has 0 fully saturated rings. The van der Waals surface area contributed by atoms with E-state index in [1.54, 1.807) is 0 Å². The normalized spacial score (nSPS) is 11.5. The van der Waals surface area contributed by atoms with Crippen LogP contribution in [-0.2, 0) is 5.88 Å². The fourth-order valence-electron chi connectivity index (χ4n) is 0.953. The first-order valence-electron chi connectivity index (χ1n) is 3.84. The van der Waals surface area contributed by atoms with E-state index in [2.05, 4.69) is 9.72 Å². The molecule has 0 radical (unpaired) electrons. The molecule has 7 heteroatoms. The summed E-state index contributed by atoms with van der Waals surface area (Å²) in [7, 11) is 0. The molecule has 1 N–H and O–H groups in total. The Morgan fingerprint density at radius 3 is 2.60 bits per heavy atom. The van der Waals surface area contributed by atoms with Crippen LogP contribution in [0.2, 0.25) is 0 Å². The Balaban J connectivity index is 3.07. The third-order valence-corrected chi connectivity index (χ3v) is 1.94. The van der Waals surface area contributed by atoms with Crippen LogP contribution in [0.1, 0.15) is 11.3 Å². The van der Waals surface area contributed by atoms with Crippen LogP contribution < -0.4 is 4.74 Å². The minimum Gasteiger partial charge on any atom is -0.506 e. The number of pyridine rings is 1. The maximum atomic E-state index is 11.9. The van der Waals surface area contributed by atoms with Crippen LogP contribution in [0.4, 0.5) is 13.2 Å². The molecule has 0 bridgehead atoms. The van der Waals surface area contributed by atoms with E-state index in [4.69, 9.17) is 11.6 Å². The lowest BCUT2D eigenvalue weighted by atomic mass is 10.2. The standard InChI is InChI=1S/C8H7ClF3NO2/c1-4-6(15-8(10,11)12)3-13-5(2-9)7(4)14/h3,14H,2H2,1H3. The lowest BCUT2D eigenvalue weighted by Crippen LogP contribution is -2.18. The molecule has 0 saturated heterocycles. The number of rotatable bonds is 2. The number of ether oxygens (including phenoxy) is 1. The molecule has 84 valence electrons. The summed E-state index contributed by atoms with van der Waals surface area (Å²) < 4.78 is 39.3. The molecule has 1 heterocycles. The molecule has 0 atom stereocenters. The van der Waals surface area contributed by atoms with Crippen LogP contribution in [0.25, 0.3) is 0 Å². The zero-order valence-electron chi connectivity index (χ0n) is 7.60. The average Bonchev–Trinajstić information content (AvgIpc) is 2.11. The number of aromatic hydroxyl groups is 1. The highest BCUT2D eigenvalue weighted by Gasteiger charge is 2.32. The first-order chi connectivity index (χ1) is 6.85. The van der Waals surface area contributed by atoms with Crippen molar-refractivity contribution in [2.45, 2.75) is 19.2 Å². The highest BCUT2D eigenvalue weighted by Crippen LogP contribution is 2.32. The molecule has 1 aromatic heterocycles. The molecule has 1 aromatic rings. The van der Waals surface area contributed by atoms with Crippen LogP contribution in [0.3, 0.4) is 0 Å². The Kier molecular flexibility index (Phi) is 3.28. The van der Waals surface area contributed by atoms with Crippen molar-refractivity contribution in [1.82, 2.24) is 4.98 Å². The molecule has 0 aliphatic heterocycles. The van der Waals surface area contributed by atoms with Gasteiger partial charge < -0.3 is 9.84 Å².